The lowest BCUT2D eigenvalue weighted by atomic mass is 10.2. The van der Waals surface area contributed by atoms with Crippen LogP contribution in [0.4, 0.5) is 0 Å². The average Bonchev–Trinajstić information content (AvgIpc) is 2.46. The normalized spacial score (nSPS) is 11.0. The van der Waals surface area contributed by atoms with Crippen molar-refractivity contribution in [1.29, 1.82) is 0 Å². The van der Waals surface area contributed by atoms with Crippen molar-refractivity contribution >= 4 is 42.6 Å². The van der Waals surface area contributed by atoms with Crippen molar-refractivity contribution in [1.82, 2.24) is 0 Å². The zero-order chi connectivity index (χ0) is 14.4. The van der Waals surface area contributed by atoms with Gasteiger partial charge in [0.2, 0.25) is 0 Å². The monoisotopic (exact) mass is 342 g/mol. The summed E-state index contributed by atoms with van der Waals surface area (Å²) in [6, 6.07) is 16.2. The fourth-order valence-corrected chi connectivity index (χ4v) is 4.04. The predicted octanol–water partition coefficient (Wildman–Crippen LogP) is 6.11. The maximum absolute atomic E-state index is 5.88. The number of halogens is 2. The molecule has 2 aromatic carbocycles. The number of hydrogen-bond donors (Lipinski definition) is 1. The SMILES string of the molecule is SP(CCc1ccc(Cl)cc1)CCc1ccc(Cl)cc1. The van der Waals surface area contributed by atoms with Crippen molar-refractivity contribution in [3.8, 4) is 0 Å². The Kier molecular flexibility index (Phi) is 6.71. The molecular weight excluding hydrogens is 326 g/mol. The molecule has 0 aliphatic carbocycles. The van der Waals surface area contributed by atoms with E-state index in [4.69, 9.17) is 35.5 Å². The molecule has 0 saturated carbocycles. The van der Waals surface area contributed by atoms with E-state index in [0.29, 0.717) is 0 Å². The Balaban J connectivity index is 1.73. The minimum Gasteiger partial charge on any atom is -0.151 e. The Hall–Kier alpha value is -0.200. The number of hydrogen-bond acceptors (Lipinski definition) is 1. The molecule has 0 aliphatic rings. The van der Waals surface area contributed by atoms with E-state index in [9.17, 15) is 0 Å². The molecular formula is C16H17Cl2PS. The van der Waals surface area contributed by atoms with Crippen LogP contribution in [-0.2, 0) is 12.8 Å². The van der Waals surface area contributed by atoms with Crippen molar-refractivity contribution in [3.05, 3.63) is 69.7 Å². The fraction of sp³-hybridized carbons (Fsp3) is 0.250. The Morgan fingerprint density at radius 1 is 0.700 bits per heavy atom. The van der Waals surface area contributed by atoms with Crippen LogP contribution in [0, 0.1) is 0 Å². The third-order valence-electron chi connectivity index (χ3n) is 3.14. The van der Waals surface area contributed by atoms with Gasteiger partial charge in [-0.05, 0) is 67.7 Å². The first-order valence-electron chi connectivity index (χ1n) is 6.56. The zero-order valence-electron chi connectivity index (χ0n) is 11.1. The van der Waals surface area contributed by atoms with Gasteiger partial charge in [-0.1, -0.05) is 47.5 Å². The average molecular weight is 343 g/mol. The lowest BCUT2D eigenvalue weighted by molar-refractivity contribution is 1.11. The van der Waals surface area contributed by atoms with E-state index in [0.717, 1.165) is 35.2 Å². The van der Waals surface area contributed by atoms with Crippen molar-refractivity contribution in [3.63, 3.8) is 0 Å². The molecule has 0 spiro atoms. The molecule has 106 valence electrons. The van der Waals surface area contributed by atoms with E-state index in [1.54, 1.807) is 0 Å². The van der Waals surface area contributed by atoms with Crippen LogP contribution in [0.15, 0.2) is 48.5 Å². The van der Waals surface area contributed by atoms with E-state index in [1.165, 1.54) is 11.1 Å². The summed E-state index contributed by atoms with van der Waals surface area (Å²) in [4.78, 5) is 0. The van der Waals surface area contributed by atoms with Crippen LogP contribution < -0.4 is 0 Å². The number of rotatable bonds is 6. The van der Waals surface area contributed by atoms with E-state index in [-0.39, 0.29) is 7.12 Å². The van der Waals surface area contributed by atoms with Gasteiger partial charge in [-0.15, -0.1) is 0 Å². The highest BCUT2D eigenvalue weighted by molar-refractivity contribution is 8.45. The van der Waals surface area contributed by atoms with Crippen molar-refractivity contribution in [2.24, 2.45) is 0 Å². The molecule has 2 rings (SSSR count). The largest absolute Gasteiger partial charge is 0.151 e. The molecule has 0 aliphatic heterocycles. The van der Waals surface area contributed by atoms with E-state index in [2.05, 4.69) is 24.3 Å². The maximum atomic E-state index is 5.88. The highest BCUT2D eigenvalue weighted by Crippen LogP contribution is 2.41. The van der Waals surface area contributed by atoms with Gasteiger partial charge in [0, 0.05) is 10.0 Å². The van der Waals surface area contributed by atoms with Gasteiger partial charge in [0.05, 0.1) is 0 Å². The lowest BCUT2D eigenvalue weighted by Gasteiger charge is -2.11. The van der Waals surface area contributed by atoms with Gasteiger partial charge in [0.25, 0.3) is 0 Å². The first-order chi connectivity index (χ1) is 9.63. The van der Waals surface area contributed by atoms with Gasteiger partial charge in [0.15, 0.2) is 0 Å². The van der Waals surface area contributed by atoms with E-state index < -0.39 is 0 Å². The van der Waals surface area contributed by atoms with Gasteiger partial charge in [0.1, 0.15) is 0 Å². The third-order valence-corrected chi connectivity index (χ3v) is 6.33. The minimum atomic E-state index is -0.215. The predicted molar refractivity (Wildman–Crippen MR) is 96.0 cm³/mol. The first-order valence-corrected chi connectivity index (χ1v) is 10.2. The molecule has 0 aromatic heterocycles. The Bertz CT molecular complexity index is 476. The summed E-state index contributed by atoms with van der Waals surface area (Å²) in [5.74, 6) is 0. The Morgan fingerprint density at radius 3 is 1.40 bits per heavy atom. The maximum Gasteiger partial charge on any atom is 0.0406 e. The molecule has 0 heterocycles. The van der Waals surface area contributed by atoms with Crippen molar-refractivity contribution < 1.29 is 0 Å². The molecule has 4 heteroatoms. The second-order valence-corrected chi connectivity index (χ2v) is 9.18. The zero-order valence-corrected chi connectivity index (χ0v) is 14.4. The van der Waals surface area contributed by atoms with Crippen LogP contribution in [0.2, 0.25) is 10.0 Å². The quantitative estimate of drug-likeness (QED) is 0.475. The molecule has 0 bridgehead atoms. The summed E-state index contributed by atoms with van der Waals surface area (Å²) in [6.45, 7) is 0. The van der Waals surface area contributed by atoms with Crippen molar-refractivity contribution in [2.45, 2.75) is 12.8 Å². The molecule has 0 amide bonds. The molecule has 20 heavy (non-hydrogen) atoms. The van der Waals surface area contributed by atoms with Crippen LogP contribution in [0.5, 0.6) is 0 Å². The van der Waals surface area contributed by atoms with Crippen LogP contribution in [-0.4, -0.2) is 12.3 Å². The van der Waals surface area contributed by atoms with Gasteiger partial charge >= 0.3 is 0 Å². The van der Waals surface area contributed by atoms with Crippen LogP contribution in [0.1, 0.15) is 11.1 Å². The molecule has 0 nitrogen and oxygen atoms in total. The molecule has 0 saturated heterocycles. The van der Waals surface area contributed by atoms with E-state index >= 15 is 0 Å². The smallest absolute Gasteiger partial charge is 0.0406 e. The van der Waals surface area contributed by atoms with Crippen LogP contribution in [0.3, 0.4) is 0 Å². The molecule has 0 N–H and O–H groups in total. The lowest BCUT2D eigenvalue weighted by Crippen LogP contribution is -1.94. The first kappa shape index (κ1) is 16.2. The highest BCUT2D eigenvalue weighted by Gasteiger charge is 2.04. The second-order valence-electron chi connectivity index (χ2n) is 4.71. The molecule has 0 atom stereocenters. The standard InChI is InChI=1S/C16H17Cl2PS/c17-15-5-1-13(2-6-15)9-11-19(20)12-10-14-3-7-16(18)8-4-14/h1-8,20H,9-12H2. The second kappa shape index (κ2) is 8.29. The fourth-order valence-electron chi connectivity index (χ4n) is 1.93. The number of thiol groups is 1. The molecule has 2 aromatic rings. The van der Waals surface area contributed by atoms with E-state index in [1.807, 2.05) is 24.3 Å². The highest BCUT2D eigenvalue weighted by atomic mass is 35.5. The third kappa shape index (κ3) is 5.66. The summed E-state index contributed by atoms with van der Waals surface area (Å²) in [6.07, 6.45) is 4.45. The van der Waals surface area contributed by atoms with Crippen LogP contribution in [0.25, 0.3) is 0 Å². The van der Waals surface area contributed by atoms with Crippen molar-refractivity contribution in [2.75, 3.05) is 12.3 Å². The van der Waals surface area contributed by atoms with Crippen LogP contribution >= 0.6 is 42.6 Å². The Morgan fingerprint density at radius 2 is 1.05 bits per heavy atom. The van der Waals surface area contributed by atoms with Gasteiger partial charge in [-0.2, -0.15) is 12.2 Å². The summed E-state index contributed by atoms with van der Waals surface area (Å²) >= 11 is 16.5. The summed E-state index contributed by atoms with van der Waals surface area (Å²) < 4.78 is 0. The molecule has 0 radical (unpaired) electrons. The van der Waals surface area contributed by atoms with Gasteiger partial charge < -0.3 is 0 Å². The number of benzene rings is 2. The summed E-state index contributed by atoms with van der Waals surface area (Å²) in [5.41, 5.74) is 2.67. The van der Waals surface area contributed by atoms with Gasteiger partial charge in [-0.25, -0.2) is 0 Å². The Labute approximate surface area is 137 Å². The molecule has 0 unspecified atom stereocenters. The topological polar surface area (TPSA) is 0 Å². The number of aryl methyl sites for hydroxylation is 2. The summed E-state index contributed by atoms with van der Waals surface area (Å²) in [7, 11) is -0.215. The molecule has 0 fully saturated rings. The minimum absolute atomic E-state index is 0.215. The van der Waals surface area contributed by atoms with Gasteiger partial charge in [-0.3, -0.25) is 0 Å². The summed E-state index contributed by atoms with van der Waals surface area (Å²) in [5, 5.41) is 1.59.